The van der Waals surface area contributed by atoms with Gasteiger partial charge in [-0.15, -0.1) is 0 Å². The monoisotopic (exact) mass is 262 g/mol. The Labute approximate surface area is 117 Å². The minimum atomic E-state index is 0.521. The third-order valence-corrected chi connectivity index (χ3v) is 2.93. The van der Waals surface area contributed by atoms with E-state index < -0.39 is 0 Å². The van der Waals surface area contributed by atoms with E-state index in [4.69, 9.17) is 4.74 Å². The molecule has 0 unspecified atom stereocenters. The lowest BCUT2D eigenvalue weighted by molar-refractivity contribution is 0.294. The number of pyridine rings is 2. The van der Waals surface area contributed by atoms with E-state index >= 15 is 0 Å². The van der Waals surface area contributed by atoms with Crippen LogP contribution < -0.4 is 4.74 Å². The fourth-order valence-corrected chi connectivity index (χ4v) is 1.91. The Morgan fingerprint density at radius 2 is 1.60 bits per heavy atom. The van der Waals surface area contributed by atoms with E-state index in [-0.39, 0.29) is 0 Å². The van der Waals surface area contributed by atoms with Crippen molar-refractivity contribution in [2.45, 2.75) is 6.61 Å². The molecule has 0 aliphatic carbocycles. The van der Waals surface area contributed by atoms with Gasteiger partial charge < -0.3 is 4.74 Å². The molecule has 0 N–H and O–H groups in total. The minimum Gasteiger partial charge on any atom is -0.473 e. The summed E-state index contributed by atoms with van der Waals surface area (Å²) >= 11 is 0. The van der Waals surface area contributed by atoms with Gasteiger partial charge in [0, 0.05) is 24.0 Å². The molecule has 2 heterocycles. The Morgan fingerprint density at radius 3 is 2.40 bits per heavy atom. The second kappa shape index (κ2) is 5.97. The van der Waals surface area contributed by atoms with Gasteiger partial charge in [0.2, 0.25) is 5.88 Å². The van der Waals surface area contributed by atoms with E-state index in [1.54, 1.807) is 12.4 Å². The molecule has 0 amide bonds. The highest BCUT2D eigenvalue weighted by Gasteiger charge is 2.01. The van der Waals surface area contributed by atoms with Gasteiger partial charge in [-0.25, -0.2) is 4.98 Å². The molecule has 0 bridgehead atoms. The van der Waals surface area contributed by atoms with Crippen LogP contribution in [-0.4, -0.2) is 9.97 Å². The van der Waals surface area contributed by atoms with Crippen molar-refractivity contribution in [3.05, 3.63) is 78.6 Å². The van der Waals surface area contributed by atoms with Gasteiger partial charge in [-0.3, -0.25) is 4.98 Å². The summed E-state index contributed by atoms with van der Waals surface area (Å²) in [5, 5.41) is 0. The molecule has 0 spiro atoms. The van der Waals surface area contributed by atoms with Crippen LogP contribution in [0.4, 0.5) is 0 Å². The van der Waals surface area contributed by atoms with Crippen LogP contribution in [0.3, 0.4) is 0 Å². The van der Waals surface area contributed by atoms with Crippen molar-refractivity contribution in [2.24, 2.45) is 0 Å². The van der Waals surface area contributed by atoms with Crippen molar-refractivity contribution in [1.82, 2.24) is 9.97 Å². The van der Waals surface area contributed by atoms with Gasteiger partial charge in [0.05, 0.1) is 5.69 Å². The topological polar surface area (TPSA) is 35.0 Å². The number of ether oxygens (including phenoxy) is 1. The first-order chi connectivity index (χ1) is 9.92. The van der Waals surface area contributed by atoms with Gasteiger partial charge in [0.1, 0.15) is 6.61 Å². The Kier molecular flexibility index (Phi) is 3.69. The van der Waals surface area contributed by atoms with Crippen molar-refractivity contribution < 1.29 is 4.74 Å². The van der Waals surface area contributed by atoms with E-state index in [1.807, 2.05) is 60.7 Å². The molecule has 0 radical (unpaired) electrons. The molecule has 3 rings (SSSR count). The summed E-state index contributed by atoms with van der Waals surface area (Å²) in [6.07, 6.45) is 3.52. The molecule has 20 heavy (non-hydrogen) atoms. The fourth-order valence-electron chi connectivity index (χ4n) is 1.91. The highest BCUT2D eigenvalue weighted by molar-refractivity contribution is 5.58. The molecule has 0 saturated carbocycles. The molecule has 3 nitrogen and oxygen atoms in total. The quantitative estimate of drug-likeness (QED) is 0.718. The summed E-state index contributed by atoms with van der Waals surface area (Å²) in [4.78, 5) is 8.52. The SMILES string of the molecule is c1ccc(COc2cccc(-c3ccncc3)n2)cc1. The zero-order chi connectivity index (χ0) is 13.6. The molecule has 3 heteroatoms. The number of hydrogen-bond donors (Lipinski definition) is 0. The third-order valence-electron chi connectivity index (χ3n) is 2.93. The number of benzene rings is 1. The van der Waals surface area contributed by atoms with Gasteiger partial charge in [0.25, 0.3) is 0 Å². The van der Waals surface area contributed by atoms with Crippen LogP contribution in [0, 0.1) is 0 Å². The molecule has 0 atom stereocenters. The normalized spacial score (nSPS) is 10.2. The fraction of sp³-hybridized carbons (Fsp3) is 0.0588. The molecule has 0 fully saturated rings. The Balaban J connectivity index is 1.75. The Morgan fingerprint density at radius 1 is 0.800 bits per heavy atom. The molecular formula is C17H14N2O. The molecular weight excluding hydrogens is 248 g/mol. The van der Waals surface area contributed by atoms with Gasteiger partial charge in [-0.1, -0.05) is 36.4 Å². The van der Waals surface area contributed by atoms with Crippen LogP contribution in [0.5, 0.6) is 5.88 Å². The highest BCUT2D eigenvalue weighted by atomic mass is 16.5. The summed E-state index contributed by atoms with van der Waals surface area (Å²) < 4.78 is 5.73. The first kappa shape index (κ1) is 12.4. The van der Waals surface area contributed by atoms with Crippen LogP contribution in [0.2, 0.25) is 0 Å². The predicted molar refractivity (Wildman–Crippen MR) is 78.2 cm³/mol. The van der Waals surface area contributed by atoms with Crippen LogP contribution in [0.15, 0.2) is 73.1 Å². The summed E-state index contributed by atoms with van der Waals surface area (Å²) in [5.74, 6) is 0.628. The molecule has 1 aromatic carbocycles. The smallest absolute Gasteiger partial charge is 0.214 e. The van der Waals surface area contributed by atoms with E-state index in [9.17, 15) is 0 Å². The lowest BCUT2D eigenvalue weighted by Crippen LogP contribution is -1.97. The average Bonchev–Trinajstić information content (AvgIpc) is 2.55. The van der Waals surface area contributed by atoms with Gasteiger partial charge in [-0.2, -0.15) is 0 Å². The molecule has 0 aliphatic heterocycles. The van der Waals surface area contributed by atoms with Crippen molar-refractivity contribution in [2.75, 3.05) is 0 Å². The van der Waals surface area contributed by atoms with Crippen LogP contribution in [0.25, 0.3) is 11.3 Å². The van der Waals surface area contributed by atoms with Crippen molar-refractivity contribution in [1.29, 1.82) is 0 Å². The van der Waals surface area contributed by atoms with Crippen LogP contribution in [-0.2, 0) is 6.61 Å². The standard InChI is InChI=1S/C17H14N2O/c1-2-5-14(6-3-1)13-20-17-8-4-7-16(19-17)15-9-11-18-12-10-15/h1-12H,13H2. The molecule has 2 aromatic heterocycles. The maximum atomic E-state index is 5.73. The van der Waals surface area contributed by atoms with Crippen LogP contribution in [0.1, 0.15) is 5.56 Å². The third kappa shape index (κ3) is 3.01. The van der Waals surface area contributed by atoms with Gasteiger partial charge in [0.15, 0.2) is 0 Å². The number of nitrogens with zero attached hydrogens (tertiary/aromatic N) is 2. The second-order valence-corrected chi connectivity index (χ2v) is 4.37. The van der Waals surface area contributed by atoms with E-state index in [0.717, 1.165) is 16.8 Å². The maximum Gasteiger partial charge on any atom is 0.214 e. The summed E-state index contributed by atoms with van der Waals surface area (Å²) in [6, 6.07) is 19.7. The minimum absolute atomic E-state index is 0.521. The van der Waals surface area contributed by atoms with E-state index in [1.165, 1.54) is 0 Å². The lowest BCUT2D eigenvalue weighted by Gasteiger charge is -2.07. The zero-order valence-electron chi connectivity index (χ0n) is 10.9. The zero-order valence-corrected chi connectivity index (χ0v) is 10.9. The largest absolute Gasteiger partial charge is 0.473 e. The van der Waals surface area contributed by atoms with E-state index in [2.05, 4.69) is 9.97 Å². The summed E-state index contributed by atoms with van der Waals surface area (Å²) in [6.45, 7) is 0.521. The maximum absolute atomic E-state index is 5.73. The molecule has 98 valence electrons. The Bertz CT molecular complexity index is 669. The molecule has 0 aliphatic rings. The number of rotatable bonds is 4. The van der Waals surface area contributed by atoms with Crippen LogP contribution >= 0.6 is 0 Å². The lowest BCUT2D eigenvalue weighted by atomic mass is 10.2. The van der Waals surface area contributed by atoms with Crippen molar-refractivity contribution in [3.8, 4) is 17.1 Å². The Hall–Kier alpha value is -2.68. The second-order valence-electron chi connectivity index (χ2n) is 4.37. The number of aromatic nitrogens is 2. The highest BCUT2D eigenvalue weighted by Crippen LogP contribution is 2.19. The first-order valence-corrected chi connectivity index (χ1v) is 6.46. The van der Waals surface area contributed by atoms with E-state index in [0.29, 0.717) is 12.5 Å². The molecule has 3 aromatic rings. The first-order valence-electron chi connectivity index (χ1n) is 6.46. The van der Waals surface area contributed by atoms with Gasteiger partial charge >= 0.3 is 0 Å². The summed E-state index contributed by atoms with van der Waals surface area (Å²) in [5.41, 5.74) is 3.05. The summed E-state index contributed by atoms with van der Waals surface area (Å²) in [7, 11) is 0. The average molecular weight is 262 g/mol. The van der Waals surface area contributed by atoms with Gasteiger partial charge in [-0.05, 0) is 23.8 Å². The predicted octanol–water partition coefficient (Wildman–Crippen LogP) is 3.72. The van der Waals surface area contributed by atoms with Crippen molar-refractivity contribution in [3.63, 3.8) is 0 Å². The molecule has 0 saturated heterocycles. The van der Waals surface area contributed by atoms with Crippen molar-refractivity contribution >= 4 is 0 Å². The number of hydrogen-bond acceptors (Lipinski definition) is 3.